The Bertz CT molecular complexity index is 899. The Kier molecular flexibility index (Phi) is 3.80. The zero-order valence-corrected chi connectivity index (χ0v) is 12.5. The molecule has 2 aromatic carbocycles. The smallest absolute Gasteiger partial charge is 0.269 e. The van der Waals surface area contributed by atoms with Crippen LogP contribution in [0.3, 0.4) is 0 Å². The highest BCUT2D eigenvalue weighted by atomic mass is 16.6. The summed E-state index contributed by atoms with van der Waals surface area (Å²) in [7, 11) is 0. The number of nitrogens with zero attached hydrogens (tertiary/aromatic N) is 1. The number of anilines is 1. The lowest BCUT2D eigenvalue weighted by Gasteiger charge is -2.10. The molecule has 0 aliphatic carbocycles. The molecule has 0 fully saturated rings. The lowest BCUT2D eigenvalue weighted by Crippen LogP contribution is -2.14. The number of hydrogen-bond donors (Lipinski definition) is 2. The van der Waals surface area contributed by atoms with Crippen molar-refractivity contribution < 1.29 is 9.72 Å². The van der Waals surface area contributed by atoms with Crippen molar-refractivity contribution in [1.82, 2.24) is 4.98 Å². The maximum Gasteiger partial charge on any atom is 0.269 e. The summed E-state index contributed by atoms with van der Waals surface area (Å²) in [5.74, 6) is -0.249. The molecule has 0 saturated carbocycles. The van der Waals surface area contributed by atoms with Crippen LogP contribution < -0.4 is 5.32 Å². The van der Waals surface area contributed by atoms with Crippen molar-refractivity contribution in [3.8, 4) is 0 Å². The fraction of sp³-hybridized carbons (Fsp3) is 0.118. The maximum absolute atomic E-state index is 12.5. The van der Waals surface area contributed by atoms with Crippen LogP contribution in [0.25, 0.3) is 10.9 Å². The molecule has 3 rings (SSSR count). The van der Waals surface area contributed by atoms with E-state index in [1.165, 1.54) is 12.1 Å². The normalized spacial score (nSPS) is 10.7. The van der Waals surface area contributed by atoms with Crippen molar-refractivity contribution in [2.45, 2.75) is 13.3 Å². The Hall–Kier alpha value is -3.15. The van der Waals surface area contributed by atoms with Crippen LogP contribution in [0.15, 0.2) is 48.7 Å². The number of aromatic amines is 1. The lowest BCUT2D eigenvalue weighted by molar-refractivity contribution is -0.384. The topological polar surface area (TPSA) is 88.0 Å². The summed E-state index contributed by atoms with van der Waals surface area (Å²) in [5, 5.41) is 14.7. The summed E-state index contributed by atoms with van der Waals surface area (Å²) < 4.78 is 0. The minimum absolute atomic E-state index is 0.0197. The second-order valence-electron chi connectivity index (χ2n) is 5.15. The van der Waals surface area contributed by atoms with Crippen LogP contribution in [0.2, 0.25) is 0 Å². The number of rotatable bonds is 4. The van der Waals surface area contributed by atoms with Gasteiger partial charge in [0.05, 0.1) is 16.0 Å². The number of non-ortho nitro benzene ring substituents is 1. The molecular weight excluding hydrogens is 294 g/mol. The number of aryl methyl sites for hydroxylation is 1. The molecule has 1 amide bonds. The summed E-state index contributed by atoms with van der Waals surface area (Å²) in [6.45, 7) is 1.89. The van der Waals surface area contributed by atoms with Crippen LogP contribution in [-0.4, -0.2) is 15.8 Å². The summed E-state index contributed by atoms with van der Waals surface area (Å²) >= 11 is 0. The van der Waals surface area contributed by atoms with Gasteiger partial charge in [-0.15, -0.1) is 0 Å². The summed E-state index contributed by atoms with van der Waals surface area (Å²) in [6.07, 6.45) is 2.37. The van der Waals surface area contributed by atoms with E-state index in [0.717, 1.165) is 16.5 Å². The zero-order chi connectivity index (χ0) is 16.4. The average molecular weight is 309 g/mol. The van der Waals surface area contributed by atoms with Gasteiger partial charge in [0.15, 0.2) is 0 Å². The molecule has 2 N–H and O–H groups in total. The van der Waals surface area contributed by atoms with E-state index in [4.69, 9.17) is 0 Å². The van der Waals surface area contributed by atoms with Gasteiger partial charge in [-0.2, -0.15) is 0 Å². The van der Waals surface area contributed by atoms with Gasteiger partial charge in [0, 0.05) is 29.4 Å². The molecule has 23 heavy (non-hydrogen) atoms. The Morgan fingerprint density at radius 3 is 2.83 bits per heavy atom. The van der Waals surface area contributed by atoms with Gasteiger partial charge in [-0.1, -0.05) is 19.1 Å². The minimum atomic E-state index is -0.440. The predicted octanol–water partition coefficient (Wildman–Crippen LogP) is 3.89. The van der Waals surface area contributed by atoms with Crippen LogP contribution in [0.5, 0.6) is 0 Å². The zero-order valence-electron chi connectivity index (χ0n) is 12.5. The minimum Gasteiger partial charge on any atom is -0.361 e. The van der Waals surface area contributed by atoms with Gasteiger partial charge in [-0.25, -0.2) is 0 Å². The van der Waals surface area contributed by atoms with Gasteiger partial charge in [0.2, 0.25) is 0 Å². The molecule has 6 nitrogen and oxygen atoms in total. The third-order valence-corrected chi connectivity index (χ3v) is 3.76. The molecule has 0 bridgehead atoms. The quantitative estimate of drug-likeness (QED) is 0.566. The Morgan fingerprint density at radius 1 is 1.26 bits per heavy atom. The lowest BCUT2D eigenvalue weighted by atomic mass is 10.1. The number of nitro groups is 1. The molecule has 0 saturated heterocycles. The van der Waals surface area contributed by atoms with Crippen molar-refractivity contribution in [2.24, 2.45) is 0 Å². The number of H-pyrrole nitrogens is 1. The van der Waals surface area contributed by atoms with E-state index in [1.807, 2.05) is 25.1 Å². The van der Waals surface area contributed by atoms with E-state index in [-0.39, 0.29) is 11.6 Å². The number of carbonyl (C=O) groups excluding carboxylic acids is 1. The van der Waals surface area contributed by atoms with E-state index in [9.17, 15) is 14.9 Å². The van der Waals surface area contributed by atoms with Gasteiger partial charge < -0.3 is 10.3 Å². The van der Waals surface area contributed by atoms with Gasteiger partial charge in [0.25, 0.3) is 11.6 Å². The molecule has 116 valence electrons. The summed E-state index contributed by atoms with van der Waals surface area (Å²) in [6, 6.07) is 11.8. The highest BCUT2D eigenvalue weighted by molar-refractivity contribution is 6.12. The van der Waals surface area contributed by atoms with Crippen LogP contribution >= 0.6 is 0 Å². The SMILES string of the molecule is CCc1cc([N+](=O)[O-])ccc1NC(=O)c1cccc2cc[nH]c12. The molecule has 1 heterocycles. The number of aromatic nitrogens is 1. The maximum atomic E-state index is 12.5. The van der Waals surface area contributed by atoms with Crippen molar-refractivity contribution >= 4 is 28.2 Å². The molecule has 0 aliphatic rings. The molecule has 1 aromatic heterocycles. The molecular formula is C17H15N3O3. The first-order valence-corrected chi connectivity index (χ1v) is 7.25. The van der Waals surface area contributed by atoms with E-state index < -0.39 is 4.92 Å². The number of carbonyl (C=O) groups is 1. The number of benzene rings is 2. The van der Waals surface area contributed by atoms with Gasteiger partial charge >= 0.3 is 0 Å². The summed E-state index contributed by atoms with van der Waals surface area (Å²) in [5.41, 5.74) is 2.64. The fourth-order valence-corrected chi connectivity index (χ4v) is 2.57. The number of para-hydroxylation sites is 1. The number of fused-ring (bicyclic) bond motifs is 1. The third kappa shape index (κ3) is 2.78. The average Bonchev–Trinajstić information content (AvgIpc) is 3.03. The fourth-order valence-electron chi connectivity index (χ4n) is 2.57. The predicted molar refractivity (Wildman–Crippen MR) is 88.7 cm³/mol. The largest absolute Gasteiger partial charge is 0.361 e. The monoisotopic (exact) mass is 309 g/mol. The van der Waals surface area contributed by atoms with Crippen LogP contribution in [-0.2, 0) is 6.42 Å². The number of hydrogen-bond acceptors (Lipinski definition) is 3. The summed E-state index contributed by atoms with van der Waals surface area (Å²) in [4.78, 5) is 26.0. The number of amides is 1. The first-order chi connectivity index (χ1) is 11.1. The molecule has 6 heteroatoms. The Labute approximate surface area is 132 Å². The second kappa shape index (κ2) is 5.92. The van der Waals surface area contributed by atoms with Gasteiger partial charge in [-0.3, -0.25) is 14.9 Å². The number of nitro benzene ring substituents is 1. The van der Waals surface area contributed by atoms with E-state index in [0.29, 0.717) is 17.7 Å². The van der Waals surface area contributed by atoms with E-state index in [2.05, 4.69) is 10.3 Å². The van der Waals surface area contributed by atoms with Gasteiger partial charge in [-0.05, 0) is 30.2 Å². The third-order valence-electron chi connectivity index (χ3n) is 3.76. The number of nitrogens with one attached hydrogen (secondary N) is 2. The van der Waals surface area contributed by atoms with E-state index >= 15 is 0 Å². The molecule has 3 aromatic rings. The van der Waals surface area contributed by atoms with Gasteiger partial charge in [0.1, 0.15) is 0 Å². The first-order valence-electron chi connectivity index (χ1n) is 7.25. The standard InChI is InChI=1S/C17H15N3O3/c1-2-11-10-13(20(22)23)6-7-15(11)19-17(21)14-5-3-4-12-8-9-18-16(12)14/h3-10,18H,2H2,1H3,(H,19,21). The molecule has 0 unspecified atom stereocenters. The van der Waals surface area contributed by atoms with Crippen LogP contribution in [0, 0.1) is 10.1 Å². The Morgan fingerprint density at radius 2 is 2.09 bits per heavy atom. The highest BCUT2D eigenvalue weighted by Crippen LogP contribution is 2.24. The molecule has 0 spiro atoms. The second-order valence-corrected chi connectivity index (χ2v) is 5.15. The Balaban J connectivity index is 1.94. The molecule has 0 atom stereocenters. The van der Waals surface area contributed by atoms with Crippen LogP contribution in [0.4, 0.5) is 11.4 Å². The highest BCUT2D eigenvalue weighted by Gasteiger charge is 2.14. The molecule has 0 radical (unpaired) electrons. The van der Waals surface area contributed by atoms with Crippen molar-refractivity contribution in [3.63, 3.8) is 0 Å². The van der Waals surface area contributed by atoms with Crippen molar-refractivity contribution in [1.29, 1.82) is 0 Å². The molecule has 0 aliphatic heterocycles. The van der Waals surface area contributed by atoms with Crippen molar-refractivity contribution in [2.75, 3.05) is 5.32 Å². The van der Waals surface area contributed by atoms with E-state index in [1.54, 1.807) is 18.3 Å². The first kappa shape index (κ1) is 14.8. The van der Waals surface area contributed by atoms with Crippen LogP contribution in [0.1, 0.15) is 22.8 Å². The van der Waals surface area contributed by atoms with Crippen molar-refractivity contribution in [3.05, 3.63) is 69.9 Å².